The Kier molecular flexibility index (Phi) is 4.87. The highest BCUT2D eigenvalue weighted by atomic mass is 16.5. The van der Waals surface area contributed by atoms with Crippen molar-refractivity contribution in [3.05, 3.63) is 0 Å². The van der Waals surface area contributed by atoms with Crippen molar-refractivity contribution in [3.8, 4) is 0 Å². The molecule has 0 aromatic rings. The standard InChI is InChI=1S/C19H36N2O/c1-15(2)20-17-11-18(12-17)7-9-21(10-8-18)13-19(5-6-19)14-22-16(3)4/h15-17,20H,5-14H2,1-4H3. The van der Waals surface area contributed by atoms with Gasteiger partial charge in [0.2, 0.25) is 0 Å². The van der Waals surface area contributed by atoms with E-state index in [4.69, 9.17) is 4.74 Å². The first-order valence-corrected chi connectivity index (χ1v) is 9.50. The Balaban J connectivity index is 1.38. The molecule has 128 valence electrons. The third-order valence-corrected chi connectivity index (χ3v) is 6.08. The second-order valence-electron chi connectivity index (χ2n) is 9.06. The summed E-state index contributed by atoms with van der Waals surface area (Å²) in [5.41, 5.74) is 1.20. The highest BCUT2D eigenvalue weighted by Crippen LogP contribution is 2.51. The minimum absolute atomic E-state index is 0.377. The van der Waals surface area contributed by atoms with Crippen molar-refractivity contribution >= 4 is 0 Å². The molecule has 3 aliphatic rings. The highest BCUT2D eigenvalue weighted by molar-refractivity contribution is 5.02. The van der Waals surface area contributed by atoms with E-state index < -0.39 is 0 Å². The van der Waals surface area contributed by atoms with Crippen molar-refractivity contribution in [3.63, 3.8) is 0 Å². The molecular formula is C19H36N2O. The van der Waals surface area contributed by atoms with Crippen LogP contribution >= 0.6 is 0 Å². The Hall–Kier alpha value is -0.120. The van der Waals surface area contributed by atoms with Gasteiger partial charge < -0.3 is 15.0 Å². The van der Waals surface area contributed by atoms with Crippen LogP contribution in [0.1, 0.15) is 66.2 Å². The summed E-state index contributed by atoms with van der Waals surface area (Å²) in [5, 5.41) is 3.71. The maximum absolute atomic E-state index is 5.90. The van der Waals surface area contributed by atoms with Crippen LogP contribution in [-0.4, -0.2) is 49.3 Å². The van der Waals surface area contributed by atoms with Gasteiger partial charge in [0, 0.05) is 24.0 Å². The zero-order valence-electron chi connectivity index (χ0n) is 15.2. The molecule has 0 bridgehead atoms. The van der Waals surface area contributed by atoms with Gasteiger partial charge in [-0.05, 0) is 70.9 Å². The normalized spacial score (nSPS) is 27.5. The zero-order valence-corrected chi connectivity index (χ0v) is 15.2. The molecule has 1 heterocycles. The molecule has 1 spiro atoms. The predicted molar refractivity (Wildman–Crippen MR) is 92.2 cm³/mol. The van der Waals surface area contributed by atoms with Gasteiger partial charge in [0.05, 0.1) is 12.7 Å². The lowest BCUT2D eigenvalue weighted by molar-refractivity contribution is -0.0142. The minimum atomic E-state index is 0.377. The summed E-state index contributed by atoms with van der Waals surface area (Å²) in [6, 6.07) is 1.43. The molecular weight excluding hydrogens is 272 g/mol. The van der Waals surface area contributed by atoms with Gasteiger partial charge >= 0.3 is 0 Å². The summed E-state index contributed by atoms with van der Waals surface area (Å²) in [6.45, 7) is 13.7. The molecule has 1 aliphatic heterocycles. The van der Waals surface area contributed by atoms with Gasteiger partial charge in [-0.3, -0.25) is 0 Å². The Bertz CT molecular complexity index is 360. The van der Waals surface area contributed by atoms with Gasteiger partial charge in [0.15, 0.2) is 0 Å². The number of rotatable bonds is 7. The fraction of sp³-hybridized carbons (Fsp3) is 1.00. The van der Waals surface area contributed by atoms with Crippen molar-refractivity contribution in [2.24, 2.45) is 10.8 Å². The molecule has 1 N–H and O–H groups in total. The van der Waals surface area contributed by atoms with E-state index in [0.717, 1.165) is 12.6 Å². The summed E-state index contributed by atoms with van der Waals surface area (Å²) in [4.78, 5) is 2.73. The number of ether oxygens (including phenoxy) is 1. The first-order chi connectivity index (χ1) is 10.4. The van der Waals surface area contributed by atoms with Gasteiger partial charge in [-0.25, -0.2) is 0 Å². The van der Waals surface area contributed by atoms with Crippen molar-refractivity contribution in [1.29, 1.82) is 0 Å². The molecule has 0 aromatic heterocycles. The van der Waals surface area contributed by atoms with Crippen molar-refractivity contribution in [2.75, 3.05) is 26.2 Å². The van der Waals surface area contributed by atoms with E-state index in [1.165, 1.54) is 58.2 Å². The Morgan fingerprint density at radius 3 is 2.18 bits per heavy atom. The first kappa shape index (κ1) is 16.7. The topological polar surface area (TPSA) is 24.5 Å². The van der Waals surface area contributed by atoms with Crippen molar-refractivity contribution in [2.45, 2.75) is 84.4 Å². The van der Waals surface area contributed by atoms with Crippen LogP contribution < -0.4 is 5.32 Å². The van der Waals surface area contributed by atoms with Crippen molar-refractivity contribution < 1.29 is 4.74 Å². The third kappa shape index (κ3) is 4.04. The van der Waals surface area contributed by atoms with Crippen LogP contribution in [0.25, 0.3) is 0 Å². The van der Waals surface area contributed by atoms with Gasteiger partial charge in [-0.2, -0.15) is 0 Å². The van der Waals surface area contributed by atoms with Gasteiger partial charge in [0.1, 0.15) is 0 Å². The van der Waals surface area contributed by atoms with Crippen LogP contribution in [-0.2, 0) is 4.74 Å². The number of hydrogen-bond donors (Lipinski definition) is 1. The number of nitrogens with zero attached hydrogens (tertiary/aromatic N) is 1. The van der Waals surface area contributed by atoms with Crippen LogP contribution in [0.3, 0.4) is 0 Å². The molecule has 1 saturated heterocycles. The Labute approximate surface area is 137 Å². The predicted octanol–water partition coefficient (Wildman–Crippen LogP) is 3.43. The second-order valence-corrected chi connectivity index (χ2v) is 9.06. The summed E-state index contributed by atoms with van der Waals surface area (Å²) in [6.07, 6.45) is 8.81. The van der Waals surface area contributed by atoms with Gasteiger partial charge in [-0.1, -0.05) is 13.8 Å². The summed E-state index contributed by atoms with van der Waals surface area (Å²) < 4.78 is 5.90. The molecule has 0 amide bonds. The van der Waals surface area contributed by atoms with Crippen molar-refractivity contribution in [1.82, 2.24) is 10.2 Å². The van der Waals surface area contributed by atoms with E-state index in [9.17, 15) is 0 Å². The van der Waals surface area contributed by atoms with Crippen LogP contribution in [0.4, 0.5) is 0 Å². The SMILES string of the molecule is CC(C)NC1CC2(CCN(CC3(COC(C)C)CC3)CC2)C1. The number of piperidine rings is 1. The molecule has 0 unspecified atom stereocenters. The van der Waals surface area contributed by atoms with Gasteiger partial charge in [-0.15, -0.1) is 0 Å². The van der Waals surface area contributed by atoms with Crippen LogP contribution in [0.2, 0.25) is 0 Å². The lowest BCUT2D eigenvalue weighted by Gasteiger charge is -2.53. The largest absolute Gasteiger partial charge is 0.378 e. The van der Waals surface area contributed by atoms with E-state index in [2.05, 4.69) is 37.9 Å². The number of hydrogen-bond acceptors (Lipinski definition) is 3. The lowest BCUT2D eigenvalue weighted by atomic mass is 9.60. The van der Waals surface area contributed by atoms with E-state index in [-0.39, 0.29) is 0 Å². The maximum Gasteiger partial charge on any atom is 0.0538 e. The average molecular weight is 309 g/mol. The second kappa shape index (κ2) is 6.41. The molecule has 0 atom stereocenters. The average Bonchev–Trinajstić information content (AvgIpc) is 3.17. The van der Waals surface area contributed by atoms with Crippen LogP contribution in [0.5, 0.6) is 0 Å². The zero-order chi connectivity index (χ0) is 15.8. The molecule has 3 fully saturated rings. The van der Waals surface area contributed by atoms with Gasteiger partial charge in [0.25, 0.3) is 0 Å². The maximum atomic E-state index is 5.90. The molecule has 0 radical (unpaired) electrons. The number of nitrogens with one attached hydrogen (secondary N) is 1. The van der Waals surface area contributed by atoms with E-state index >= 15 is 0 Å². The molecule has 2 saturated carbocycles. The number of likely N-dealkylation sites (tertiary alicyclic amines) is 1. The third-order valence-electron chi connectivity index (χ3n) is 6.08. The van der Waals surface area contributed by atoms with Crippen LogP contribution in [0, 0.1) is 10.8 Å². The smallest absolute Gasteiger partial charge is 0.0538 e. The summed E-state index contributed by atoms with van der Waals surface area (Å²) >= 11 is 0. The lowest BCUT2D eigenvalue weighted by Crippen LogP contribution is -2.55. The summed E-state index contributed by atoms with van der Waals surface area (Å²) in [7, 11) is 0. The highest BCUT2D eigenvalue weighted by Gasteiger charge is 2.48. The fourth-order valence-electron chi connectivity index (χ4n) is 4.51. The van der Waals surface area contributed by atoms with E-state index in [1.54, 1.807) is 0 Å². The van der Waals surface area contributed by atoms with Crippen LogP contribution in [0.15, 0.2) is 0 Å². The minimum Gasteiger partial charge on any atom is -0.378 e. The molecule has 2 aliphatic carbocycles. The fourth-order valence-corrected chi connectivity index (χ4v) is 4.51. The molecule has 3 rings (SSSR count). The molecule has 0 aromatic carbocycles. The summed E-state index contributed by atoms with van der Waals surface area (Å²) in [5.74, 6) is 0. The monoisotopic (exact) mass is 308 g/mol. The van der Waals surface area contributed by atoms with E-state index in [0.29, 0.717) is 23.0 Å². The Morgan fingerprint density at radius 2 is 1.68 bits per heavy atom. The molecule has 22 heavy (non-hydrogen) atoms. The Morgan fingerprint density at radius 1 is 1.05 bits per heavy atom. The molecule has 3 nitrogen and oxygen atoms in total. The molecule has 3 heteroatoms. The first-order valence-electron chi connectivity index (χ1n) is 9.50. The quantitative estimate of drug-likeness (QED) is 0.780. The van der Waals surface area contributed by atoms with E-state index in [1.807, 2.05) is 0 Å².